The second kappa shape index (κ2) is 6.99. The number of methoxy groups -OCH3 is 3. The fraction of sp³-hybridized carbons (Fsp3) is 0.154. The molecule has 4 heteroatoms. The summed E-state index contributed by atoms with van der Waals surface area (Å²) in [7, 11) is 5.00. The van der Waals surface area contributed by atoms with Gasteiger partial charge in [-0.3, -0.25) is 0 Å². The van der Waals surface area contributed by atoms with Gasteiger partial charge in [0.1, 0.15) is 11.5 Å². The van der Waals surface area contributed by atoms with E-state index < -0.39 is 0 Å². The minimum atomic E-state index is 0.0208. The lowest BCUT2D eigenvalue weighted by Crippen LogP contribution is -2.01. The first-order valence-corrected chi connectivity index (χ1v) is 9.80. The van der Waals surface area contributed by atoms with E-state index in [1.807, 2.05) is 18.2 Å². The molecule has 4 aromatic rings. The minimum Gasteiger partial charge on any atom is -0.508 e. The predicted molar refractivity (Wildman–Crippen MR) is 118 cm³/mol. The number of phenolic OH excluding ortho intramolecular Hbond substituents is 1. The van der Waals surface area contributed by atoms with Crippen molar-refractivity contribution in [3.63, 3.8) is 0 Å². The van der Waals surface area contributed by atoms with Gasteiger partial charge in [0.2, 0.25) is 0 Å². The van der Waals surface area contributed by atoms with Crippen LogP contribution in [-0.4, -0.2) is 26.4 Å². The summed E-state index contributed by atoms with van der Waals surface area (Å²) < 4.78 is 16.6. The molecule has 0 aliphatic heterocycles. The van der Waals surface area contributed by atoms with Crippen LogP contribution in [0.15, 0.2) is 66.7 Å². The molecular formula is C26H22O4. The Morgan fingerprint density at radius 2 is 1.43 bits per heavy atom. The highest BCUT2D eigenvalue weighted by atomic mass is 16.5. The molecule has 1 atom stereocenters. The van der Waals surface area contributed by atoms with Crippen LogP contribution in [0.25, 0.3) is 21.9 Å². The molecule has 0 saturated carbocycles. The van der Waals surface area contributed by atoms with E-state index in [1.165, 1.54) is 16.5 Å². The number of hydrogen-bond donors (Lipinski definition) is 1. The van der Waals surface area contributed by atoms with Crippen LogP contribution in [0, 0.1) is 0 Å². The monoisotopic (exact) mass is 398 g/mol. The summed E-state index contributed by atoms with van der Waals surface area (Å²) in [5, 5.41) is 12.1. The molecule has 1 aliphatic rings. The number of rotatable bonds is 4. The summed E-state index contributed by atoms with van der Waals surface area (Å²) in [6.07, 6.45) is 0. The van der Waals surface area contributed by atoms with Crippen molar-refractivity contribution in [1.82, 2.24) is 0 Å². The van der Waals surface area contributed by atoms with E-state index in [9.17, 15) is 5.11 Å². The van der Waals surface area contributed by atoms with E-state index >= 15 is 0 Å². The fourth-order valence-electron chi connectivity index (χ4n) is 4.54. The molecule has 150 valence electrons. The predicted octanol–water partition coefficient (Wildman–Crippen LogP) is 5.73. The average molecular weight is 398 g/mol. The summed E-state index contributed by atoms with van der Waals surface area (Å²) in [5.41, 5.74) is 5.84. The zero-order valence-electron chi connectivity index (χ0n) is 17.1. The number of aromatic hydroxyl groups is 1. The van der Waals surface area contributed by atoms with Crippen LogP contribution in [0.3, 0.4) is 0 Å². The van der Waals surface area contributed by atoms with Crippen molar-refractivity contribution in [3.8, 4) is 34.1 Å². The van der Waals surface area contributed by atoms with Gasteiger partial charge in [-0.25, -0.2) is 0 Å². The van der Waals surface area contributed by atoms with Gasteiger partial charge in [0.25, 0.3) is 0 Å². The van der Waals surface area contributed by atoms with Crippen LogP contribution in [-0.2, 0) is 0 Å². The van der Waals surface area contributed by atoms with Gasteiger partial charge in [0, 0.05) is 5.92 Å². The topological polar surface area (TPSA) is 47.9 Å². The zero-order valence-corrected chi connectivity index (χ0v) is 17.1. The molecule has 0 fully saturated rings. The van der Waals surface area contributed by atoms with Crippen LogP contribution >= 0.6 is 0 Å². The normalized spacial score (nSPS) is 14.3. The van der Waals surface area contributed by atoms with Gasteiger partial charge in [-0.1, -0.05) is 30.3 Å². The molecule has 0 bridgehead atoms. The molecule has 1 aliphatic carbocycles. The summed E-state index contributed by atoms with van der Waals surface area (Å²) in [6, 6.07) is 22.1. The highest BCUT2D eigenvalue weighted by molar-refractivity contribution is 5.98. The molecule has 0 saturated heterocycles. The number of ether oxygens (including phenoxy) is 3. The summed E-state index contributed by atoms with van der Waals surface area (Å²) in [6.45, 7) is 0. The van der Waals surface area contributed by atoms with Crippen molar-refractivity contribution in [2.45, 2.75) is 5.92 Å². The lowest BCUT2D eigenvalue weighted by atomic mass is 9.86. The van der Waals surface area contributed by atoms with Gasteiger partial charge >= 0.3 is 0 Å². The molecule has 5 rings (SSSR count). The lowest BCUT2D eigenvalue weighted by molar-refractivity contribution is 0.355. The third kappa shape index (κ3) is 2.68. The Labute approximate surface area is 175 Å². The molecule has 4 aromatic carbocycles. The Morgan fingerprint density at radius 1 is 0.700 bits per heavy atom. The third-order valence-electron chi connectivity index (χ3n) is 5.94. The molecule has 0 heterocycles. The van der Waals surface area contributed by atoms with E-state index in [0.717, 1.165) is 27.8 Å². The van der Waals surface area contributed by atoms with Gasteiger partial charge in [0.05, 0.1) is 21.3 Å². The molecule has 0 spiro atoms. The van der Waals surface area contributed by atoms with E-state index in [4.69, 9.17) is 14.2 Å². The van der Waals surface area contributed by atoms with Gasteiger partial charge < -0.3 is 19.3 Å². The van der Waals surface area contributed by atoms with Crippen molar-refractivity contribution >= 4 is 10.8 Å². The maximum atomic E-state index is 9.82. The number of benzene rings is 4. The first-order valence-electron chi connectivity index (χ1n) is 9.80. The Bertz CT molecular complexity index is 1260. The summed E-state index contributed by atoms with van der Waals surface area (Å²) in [5.74, 6) is 2.53. The highest BCUT2D eigenvalue weighted by Crippen LogP contribution is 2.53. The SMILES string of the molecule is COc1ccc2c3c(ccc2c1)-c1cc(OC)c(OC)cc1C3c1ccc(O)cc1. The molecule has 0 radical (unpaired) electrons. The Morgan fingerprint density at radius 3 is 2.13 bits per heavy atom. The van der Waals surface area contributed by atoms with Crippen LogP contribution in [0.2, 0.25) is 0 Å². The highest BCUT2D eigenvalue weighted by Gasteiger charge is 2.33. The Balaban J connectivity index is 1.84. The number of fused-ring (bicyclic) bond motifs is 5. The summed E-state index contributed by atoms with van der Waals surface area (Å²) >= 11 is 0. The summed E-state index contributed by atoms with van der Waals surface area (Å²) in [4.78, 5) is 0. The first kappa shape index (κ1) is 18.4. The minimum absolute atomic E-state index is 0.0208. The second-order valence-corrected chi connectivity index (χ2v) is 7.43. The third-order valence-corrected chi connectivity index (χ3v) is 5.94. The lowest BCUT2D eigenvalue weighted by Gasteiger charge is -2.18. The molecule has 1 unspecified atom stereocenters. The van der Waals surface area contributed by atoms with Crippen molar-refractivity contribution in [3.05, 3.63) is 83.4 Å². The maximum Gasteiger partial charge on any atom is 0.161 e. The molecule has 4 nitrogen and oxygen atoms in total. The van der Waals surface area contributed by atoms with Crippen molar-refractivity contribution in [1.29, 1.82) is 0 Å². The van der Waals surface area contributed by atoms with E-state index in [1.54, 1.807) is 33.5 Å². The van der Waals surface area contributed by atoms with Gasteiger partial charge in [-0.2, -0.15) is 0 Å². The van der Waals surface area contributed by atoms with Crippen LogP contribution < -0.4 is 14.2 Å². The zero-order chi connectivity index (χ0) is 20.8. The first-order chi connectivity index (χ1) is 14.6. The van der Waals surface area contributed by atoms with Crippen molar-refractivity contribution in [2.24, 2.45) is 0 Å². The van der Waals surface area contributed by atoms with E-state index in [0.29, 0.717) is 11.5 Å². The van der Waals surface area contributed by atoms with Crippen molar-refractivity contribution in [2.75, 3.05) is 21.3 Å². The standard InChI is InChI=1S/C26H22O4/c1-28-18-9-11-19-16(12-18)6-10-20-21-13-23(29-2)24(30-3)14-22(21)25(26(19)20)15-4-7-17(27)8-5-15/h4-14,25,27H,1-3H3. The van der Waals surface area contributed by atoms with Crippen LogP contribution in [0.1, 0.15) is 22.6 Å². The molecule has 0 amide bonds. The van der Waals surface area contributed by atoms with Crippen LogP contribution in [0.5, 0.6) is 23.0 Å². The largest absolute Gasteiger partial charge is 0.508 e. The number of phenols is 1. The van der Waals surface area contributed by atoms with Crippen molar-refractivity contribution < 1.29 is 19.3 Å². The van der Waals surface area contributed by atoms with E-state index in [2.05, 4.69) is 36.4 Å². The second-order valence-electron chi connectivity index (χ2n) is 7.43. The average Bonchev–Trinajstić information content (AvgIpc) is 3.11. The Kier molecular flexibility index (Phi) is 4.28. The molecule has 30 heavy (non-hydrogen) atoms. The van der Waals surface area contributed by atoms with Gasteiger partial charge in [-0.05, 0) is 75.0 Å². The number of hydrogen-bond acceptors (Lipinski definition) is 4. The smallest absolute Gasteiger partial charge is 0.161 e. The molecule has 0 aromatic heterocycles. The quantitative estimate of drug-likeness (QED) is 0.420. The van der Waals surface area contributed by atoms with Gasteiger partial charge in [-0.15, -0.1) is 0 Å². The Hall–Kier alpha value is -3.66. The fourth-order valence-corrected chi connectivity index (χ4v) is 4.54. The molecular weight excluding hydrogens is 376 g/mol. The van der Waals surface area contributed by atoms with Crippen LogP contribution in [0.4, 0.5) is 0 Å². The van der Waals surface area contributed by atoms with E-state index in [-0.39, 0.29) is 11.7 Å². The molecule has 1 N–H and O–H groups in total. The maximum absolute atomic E-state index is 9.82. The van der Waals surface area contributed by atoms with Gasteiger partial charge in [0.15, 0.2) is 11.5 Å².